The van der Waals surface area contributed by atoms with Gasteiger partial charge in [-0.1, -0.05) is 87.7 Å². The quantitative estimate of drug-likeness (QED) is 0.134. The number of fused-ring (bicyclic) bond motifs is 1. The molecule has 0 aromatic heterocycles. The number of hydrogen-bond acceptors (Lipinski definition) is 7. The van der Waals surface area contributed by atoms with Crippen molar-refractivity contribution in [3.05, 3.63) is 59.7 Å². The van der Waals surface area contributed by atoms with E-state index in [1.165, 1.54) is 13.5 Å². The molecule has 8 atom stereocenters. The summed E-state index contributed by atoms with van der Waals surface area (Å²) in [6.45, 7) is 9.22. The predicted octanol–water partition coefficient (Wildman–Crippen LogP) is 8.17. The van der Waals surface area contributed by atoms with Crippen LogP contribution >= 0.6 is 0 Å². The van der Waals surface area contributed by atoms with Crippen molar-refractivity contribution < 1.29 is 33.2 Å². The van der Waals surface area contributed by atoms with E-state index < -0.39 is 5.92 Å². The first kappa shape index (κ1) is 35.3. The zero-order chi connectivity index (χ0) is 32.4. The molecule has 0 amide bonds. The number of unbranched alkanes of at least 4 members (excludes halogenated alkanes) is 1. The van der Waals surface area contributed by atoms with E-state index in [0.717, 1.165) is 88.6 Å². The molecule has 0 bridgehead atoms. The number of benzene rings is 1. The molecule has 2 aliphatic carbocycles. The van der Waals surface area contributed by atoms with E-state index in [1.807, 2.05) is 30.3 Å². The van der Waals surface area contributed by atoms with Gasteiger partial charge < -0.3 is 28.4 Å². The van der Waals surface area contributed by atoms with Crippen LogP contribution in [0.5, 0.6) is 0 Å². The molecule has 4 aliphatic rings. The molecule has 2 heterocycles. The van der Waals surface area contributed by atoms with Crippen molar-refractivity contribution in [2.75, 3.05) is 26.9 Å². The van der Waals surface area contributed by atoms with Crippen molar-refractivity contribution in [2.24, 2.45) is 29.1 Å². The molecule has 46 heavy (non-hydrogen) atoms. The monoisotopic (exact) mass is 638 g/mol. The molecule has 1 aromatic rings. The summed E-state index contributed by atoms with van der Waals surface area (Å²) in [6.07, 6.45) is 18.3. The fourth-order valence-corrected chi connectivity index (χ4v) is 7.75. The molecule has 7 heteroatoms. The second-order valence-corrected chi connectivity index (χ2v) is 14.5. The zero-order valence-electron chi connectivity index (χ0n) is 28.7. The van der Waals surface area contributed by atoms with Gasteiger partial charge in [0.2, 0.25) is 0 Å². The highest BCUT2D eigenvalue weighted by Crippen LogP contribution is 2.51. The Morgan fingerprint density at radius 3 is 2.46 bits per heavy atom. The van der Waals surface area contributed by atoms with Crippen LogP contribution in [-0.4, -0.2) is 57.7 Å². The Morgan fingerprint density at radius 2 is 1.78 bits per heavy atom. The molecule has 3 unspecified atom stereocenters. The number of carbonyl (C=O) groups excluding carboxylic acids is 1. The number of ether oxygens (including phenoxy) is 6. The number of carbonyl (C=O) groups is 1. The van der Waals surface area contributed by atoms with Gasteiger partial charge in [0, 0.05) is 19.1 Å². The Bertz CT molecular complexity index is 1120. The van der Waals surface area contributed by atoms with Gasteiger partial charge in [0.15, 0.2) is 12.6 Å². The Hall–Kier alpha value is -2.03. The van der Waals surface area contributed by atoms with Crippen molar-refractivity contribution in [1.29, 1.82) is 0 Å². The Balaban J connectivity index is 1.33. The third kappa shape index (κ3) is 9.53. The lowest BCUT2D eigenvalue weighted by Gasteiger charge is -2.36. The number of methoxy groups -OCH3 is 1. The summed E-state index contributed by atoms with van der Waals surface area (Å²) in [7, 11) is 1.47. The van der Waals surface area contributed by atoms with Gasteiger partial charge in [-0.3, -0.25) is 4.79 Å². The van der Waals surface area contributed by atoms with Crippen molar-refractivity contribution in [1.82, 2.24) is 0 Å². The van der Waals surface area contributed by atoms with E-state index in [1.54, 1.807) is 0 Å². The third-order valence-electron chi connectivity index (χ3n) is 10.6. The normalized spacial score (nSPS) is 29.8. The van der Waals surface area contributed by atoms with Gasteiger partial charge in [-0.15, -0.1) is 0 Å². The van der Waals surface area contributed by atoms with Crippen molar-refractivity contribution in [2.45, 2.75) is 123 Å². The highest BCUT2D eigenvalue weighted by molar-refractivity contribution is 5.76. The van der Waals surface area contributed by atoms with E-state index in [4.69, 9.17) is 28.4 Å². The maximum Gasteiger partial charge on any atom is 0.315 e. The smallest absolute Gasteiger partial charge is 0.315 e. The van der Waals surface area contributed by atoms with E-state index in [2.05, 4.69) is 39.0 Å². The lowest BCUT2D eigenvalue weighted by atomic mass is 9.80. The van der Waals surface area contributed by atoms with Gasteiger partial charge >= 0.3 is 5.97 Å². The van der Waals surface area contributed by atoms with Gasteiger partial charge in [0.1, 0.15) is 5.92 Å². The molecule has 0 N–H and O–H groups in total. The molecule has 3 fully saturated rings. The minimum absolute atomic E-state index is 0.0285. The molecular formula is C39H58O7. The van der Waals surface area contributed by atoms with Gasteiger partial charge in [0.05, 0.1) is 32.5 Å². The number of esters is 1. The highest BCUT2D eigenvalue weighted by atomic mass is 16.7. The van der Waals surface area contributed by atoms with Crippen molar-refractivity contribution in [3.63, 3.8) is 0 Å². The summed E-state index contributed by atoms with van der Waals surface area (Å²) < 4.78 is 36.9. The second kappa shape index (κ2) is 17.4. The molecule has 1 saturated carbocycles. The Kier molecular flexibility index (Phi) is 13.3. The summed E-state index contributed by atoms with van der Waals surface area (Å²) in [5.74, 6) is 0.221. The van der Waals surface area contributed by atoms with Gasteiger partial charge in [-0.2, -0.15) is 0 Å². The average molecular weight is 639 g/mol. The first-order valence-corrected chi connectivity index (χ1v) is 18.0. The maximum atomic E-state index is 13.0. The van der Waals surface area contributed by atoms with E-state index in [9.17, 15) is 4.79 Å². The number of rotatable bonds is 16. The molecule has 256 valence electrons. The Labute approximate surface area is 277 Å². The van der Waals surface area contributed by atoms with Crippen LogP contribution in [0.25, 0.3) is 0 Å². The highest BCUT2D eigenvalue weighted by Gasteiger charge is 2.48. The van der Waals surface area contributed by atoms with Gasteiger partial charge in [-0.25, -0.2) is 0 Å². The molecule has 5 rings (SSSR count). The third-order valence-corrected chi connectivity index (χ3v) is 10.6. The van der Waals surface area contributed by atoms with Crippen LogP contribution in [0.3, 0.4) is 0 Å². The van der Waals surface area contributed by atoms with E-state index in [-0.39, 0.29) is 42.1 Å². The van der Waals surface area contributed by atoms with Crippen molar-refractivity contribution in [3.8, 4) is 0 Å². The Morgan fingerprint density at radius 1 is 1.04 bits per heavy atom. The first-order chi connectivity index (χ1) is 22.4. The molecular weight excluding hydrogens is 580 g/mol. The van der Waals surface area contributed by atoms with Crippen LogP contribution in [0.4, 0.5) is 0 Å². The number of hydrogen-bond donors (Lipinski definition) is 0. The van der Waals surface area contributed by atoms with Crippen LogP contribution in [0, 0.1) is 29.1 Å². The summed E-state index contributed by atoms with van der Waals surface area (Å²) in [4.78, 5) is 13.0. The first-order valence-electron chi connectivity index (χ1n) is 18.0. The van der Waals surface area contributed by atoms with Crippen molar-refractivity contribution >= 4 is 5.97 Å². The van der Waals surface area contributed by atoms with Crippen LogP contribution < -0.4 is 0 Å². The summed E-state index contributed by atoms with van der Waals surface area (Å²) >= 11 is 0. The molecule has 2 aliphatic heterocycles. The summed E-state index contributed by atoms with van der Waals surface area (Å²) in [6, 6.07) is 10.1. The standard InChI is InChI=1S/C39H58O7/c1-5-6-20-39(2,3)35(46-37-17-11-13-22-44-37)19-18-31-32-24-29(23-30(32)25-34(31)45-36-16-10-12-21-43-36)33(38(40)41-4)27-42-26-28-14-8-7-9-15-28/h7-9,14-15,18-19,23,30-37H,5-6,10-13,16-17,20-22,24-27H2,1-4H3/b19-18+/t30-,31+,32-,33?,34+,35+,36?,37?/m0/s1. The van der Waals surface area contributed by atoms with E-state index >= 15 is 0 Å². The van der Waals surface area contributed by atoms with Crippen LogP contribution in [0.2, 0.25) is 0 Å². The fraction of sp³-hybridized carbons (Fsp3) is 0.718. The number of allylic oxidation sites excluding steroid dienone is 1. The zero-order valence-corrected chi connectivity index (χ0v) is 28.7. The molecule has 0 radical (unpaired) electrons. The molecule has 2 saturated heterocycles. The largest absolute Gasteiger partial charge is 0.468 e. The topological polar surface area (TPSA) is 72.5 Å². The molecule has 0 spiro atoms. The minimum atomic E-state index is -0.405. The van der Waals surface area contributed by atoms with Gasteiger partial charge in [0.25, 0.3) is 0 Å². The maximum absolute atomic E-state index is 13.0. The molecule has 1 aromatic carbocycles. The summed E-state index contributed by atoms with van der Waals surface area (Å²) in [5, 5.41) is 0. The lowest BCUT2D eigenvalue weighted by molar-refractivity contribution is -0.198. The SMILES string of the molecule is CCCCC(C)(C)[C@@H](/C=C/[C@@H]1[C@H]2CC(C(COCc3ccccc3)C(=O)OC)=C[C@H]2C[C@H]1OC1CCCCO1)OC1CCCCO1. The predicted molar refractivity (Wildman–Crippen MR) is 179 cm³/mol. The minimum Gasteiger partial charge on any atom is -0.468 e. The molecule has 7 nitrogen and oxygen atoms in total. The van der Waals surface area contributed by atoms with Crippen LogP contribution in [0.15, 0.2) is 54.1 Å². The van der Waals surface area contributed by atoms with E-state index in [0.29, 0.717) is 25.0 Å². The lowest BCUT2D eigenvalue weighted by Crippen LogP contribution is -2.37. The summed E-state index contributed by atoms with van der Waals surface area (Å²) in [5.41, 5.74) is 2.20. The fourth-order valence-electron chi connectivity index (χ4n) is 7.75. The average Bonchev–Trinajstić information content (AvgIpc) is 3.62. The van der Waals surface area contributed by atoms with Crippen LogP contribution in [0.1, 0.15) is 97.0 Å². The van der Waals surface area contributed by atoms with Gasteiger partial charge in [-0.05, 0) is 80.6 Å². The second-order valence-electron chi connectivity index (χ2n) is 14.5. The van der Waals surface area contributed by atoms with Crippen LogP contribution in [-0.2, 0) is 39.8 Å².